The molecule has 10 nitrogen and oxygen atoms in total. The number of fused-ring (bicyclic) bond motifs is 20. The van der Waals surface area contributed by atoms with Gasteiger partial charge in [-0.3, -0.25) is 0 Å². The summed E-state index contributed by atoms with van der Waals surface area (Å²) in [5.74, 6) is 3.52. The van der Waals surface area contributed by atoms with Gasteiger partial charge in [-0.05, 0) is 36.7 Å². The fourth-order valence-corrected chi connectivity index (χ4v) is 6.76. The smallest absolute Gasteiger partial charge is 0.164 e. The number of rotatable bonds is 4. The van der Waals surface area contributed by atoms with E-state index in [1.165, 1.54) is 0 Å². The summed E-state index contributed by atoms with van der Waals surface area (Å²) in [4.78, 5) is 37.4. The van der Waals surface area contributed by atoms with Crippen molar-refractivity contribution in [2.24, 2.45) is 5.73 Å². The van der Waals surface area contributed by atoms with Gasteiger partial charge in [-0.2, -0.15) is 0 Å². The monoisotopic (exact) mass is 649 g/mol. The number of ether oxygens (including phenoxy) is 1. The molecule has 0 radical (unpaired) electrons. The van der Waals surface area contributed by atoms with E-state index >= 15 is 0 Å². The Morgan fingerprint density at radius 2 is 0.920 bits per heavy atom. The minimum atomic E-state index is 0.530. The number of benzene rings is 5. The number of hydrogen-bond acceptors (Lipinski definition) is 8. The van der Waals surface area contributed by atoms with E-state index in [9.17, 15) is 0 Å². The zero-order valence-electron chi connectivity index (χ0n) is 26.6. The number of nitrogens with one attached hydrogen (secondary N) is 2. The summed E-state index contributed by atoms with van der Waals surface area (Å²) in [6.07, 6.45) is 0.803. The van der Waals surface area contributed by atoms with E-state index in [-0.39, 0.29) is 0 Å². The molecule has 10 rings (SSSR count). The first-order chi connectivity index (χ1) is 24.7. The number of aromatic nitrogens is 8. The molecular formula is C40H27N9O. The third kappa shape index (κ3) is 4.54. The van der Waals surface area contributed by atoms with Crippen molar-refractivity contribution in [2.45, 2.75) is 6.42 Å². The molecule has 0 fully saturated rings. The minimum Gasteiger partial charge on any atom is -0.457 e. The summed E-state index contributed by atoms with van der Waals surface area (Å²) in [6.45, 7) is 0.588. The number of hydrogen-bond donors (Lipinski definition) is 3. The fourth-order valence-electron chi connectivity index (χ4n) is 6.76. The molecular weight excluding hydrogens is 623 g/mol. The quantitative estimate of drug-likeness (QED) is 0.173. The van der Waals surface area contributed by atoms with Gasteiger partial charge in [0.05, 0.1) is 5.39 Å². The van der Waals surface area contributed by atoms with Gasteiger partial charge in [-0.15, -0.1) is 0 Å². The SMILES string of the molecule is NCCc1ccc(Oc2cccc3c4nc5nc(nc6[nH]c(nc7nc(nc([nH]4)c23)-c2ccccc2-7)c2ccccc62)-c2ccccc2-5)cc1. The normalized spacial score (nSPS) is 11.9. The van der Waals surface area contributed by atoms with E-state index in [1.807, 2.05) is 115 Å². The van der Waals surface area contributed by atoms with Crippen molar-refractivity contribution in [1.82, 2.24) is 39.9 Å². The Morgan fingerprint density at radius 3 is 1.46 bits per heavy atom. The summed E-state index contributed by atoms with van der Waals surface area (Å²) in [6, 6.07) is 37.9. The lowest BCUT2D eigenvalue weighted by Gasteiger charge is -2.08. The Morgan fingerprint density at radius 1 is 0.460 bits per heavy atom. The van der Waals surface area contributed by atoms with Gasteiger partial charge < -0.3 is 20.4 Å². The Hall–Kier alpha value is -6.78. The van der Waals surface area contributed by atoms with Crippen LogP contribution in [-0.2, 0) is 6.42 Å². The lowest BCUT2D eigenvalue weighted by molar-refractivity contribution is 0.488. The molecule has 5 aromatic carbocycles. The predicted molar refractivity (Wildman–Crippen MR) is 195 cm³/mol. The van der Waals surface area contributed by atoms with Crippen LogP contribution in [0.25, 0.3) is 89.7 Å². The van der Waals surface area contributed by atoms with Crippen LogP contribution in [0, 0.1) is 0 Å². The van der Waals surface area contributed by atoms with E-state index < -0.39 is 0 Å². The first-order valence-corrected chi connectivity index (χ1v) is 16.4. The molecule has 238 valence electrons. The number of nitrogens with two attached hydrogens (primary N) is 1. The van der Waals surface area contributed by atoms with Crippen molar-refractivity contribution >= 4 is 44.1 Å². The molecule has 0 unspecified atom stereocenters. The highest BCUT2D eigenvalue weighted by Crippen LogP contribution is 2.39. The molecule has 0 atom stereocenters. The standard InChI is InChI=1S/C40H27N9O/c41-21-20-22-16-18-23(19-17-22)50-31-15-7-14-30-32(31)40-48-38-29-13-6-5-12-28(29)36(46-38)44-34-25-9-2-1-8-24(25)33(42-34)43-35-26-10-3-4-11-27(26)37(45-35)47-39(30)49-40/h1-19H,20-21,41H2,(H2,42,43,44,45,46,47,48,49). The molecule has 2 aliphatic heterocycles. The largest absolute Gasteiger partial charge is 0.457 e. The molecule has 0 aliphatic carbocycles. The molecule has 4 N–H and O–H groups in total. The van der Waals surface area contributed by atoms with Gasteiger partial charge in [0.2, 0.25) is 0 Å². The molecule has 8 bridgehead atoms. The van der Waals surface area contributed by atoms with E-state index in [0.717, 1.165) is 55.8 Å². The summed E-state index contributed by atoms with van der Waals surface area (Å²) in [7, 11) is 0. The van der Waals surface area contributed by atoms with E-state index in [0.29, 0.717) is 63.9 Å². The van der Waals surface area contributed by atoms with Gasteiger partial charge in [-0.25, -0.2) is 29.9 Å². The van der Waals surface area contributed by atoms with Crippen LogP contribution in [0.15, 0.2) is 115 Å². The summed E-state index contributed by atoms with van der Waals surface area (Å²) in [5.41, 5.74) is 12.9. The van der Waals surface area contributed by atoms with Gasteiger partial charge >= 0.3 is 0 Å². The second-order valence-corrected chi connectivity index (χ2v) is 12.2. The summed E-state index contributed by atoms with van der Waals surface area (Å²) in [5, 5.41) is 3.46. The molecule has 0 saturated carbocycles. The van der Waals surface area contributed by atoms with Crippen molar-refractivity contribution in [3.05, 3.63) is 121 Å². The lowest BCUT2D eigenvalue weighted by atomic mass is 10.1. The van der Waals surface area contributed by atoms with Crippen molar-refractivity contribution < 1.29 is 4.74 Å². The molecule has 10 heteroatoms. The molecule has 0 spiro atoms. The van der Waals surface area contributed by atoms with Crippen LogP contribution < -0.4 is 10.5 Å². The maximum Gasteiger partial charge on any atom is 0.164 e. The predicted octanol–water partition coefficient (Wildman–Crippen LogP) is 8.16. The first kappa shape index (κ1) is 28.3. The molecule has 2 aliphatic rings. The zero-order valence-corrected chi connectivity index (χ0v) is 26.6. The highest BCUT2D eigenvalue weighted by molar-refractivity contribution is 6.09. The molecule has 0 amide bonds. The highest BCUT2D eigenvalue weighted by Gasteiger charge is 2.22. The van der Waals surface area contributed by atoms with Gasteiger partial charge in [-0.1, -0.05) is 97.1 Å². The van der Waals surface area contributed by atoms with Crippen molar-refractivity contribution in [3.8, 4) is 57.1 Å². The molecule has 8 aromatic rings. The summed E-state index contributed by atoms with van der Waals surface area (Å²) >= 11 is 0. The maximum atomic E-state index is 6.53. The van der Waals surface area contributed by atoms with Gasteiger partial charge in [0, 0.05) is 38.4 Å². The average molecular weight is 650 g/mol. The van der Waals surface area contributed by atoms with Crippen LogP contribution in [0.4, 0.5) is 0 Å². The Bertz CT molecular complexity index is 2810. The van der Waals surface area contributed by atoms with Crippen LogP contribution in [0.1, 0.15) is 5.56 Å². The number of nitrogens with zero attached hydrogens (tertiary/aromatic N) is 6. The fraction of sp³-hybridized carbons (Fsp3) is 0.0500. The maximum absolute atomic E-state index is 6.53. The van der Waals surface area contributed by atoms with Crippen LogP contribution in [0.2, 0.25) is 0 Å². The van der Waals surface area contributed by atoms with Gasteiger partial charge in [0.25, 0.3) is 0 Å². The third-order valence-corrected chi connectivity index (χ3v) is 9.13. The van der Waals surface area contributed by atoms with Crippen molar-refractivity contribution in [1.29, 1.82) is 0 Å². The topological polar surface area (TPSA) is 144 Å². The van der Waals surface area contributed by atoms with E-state index in [2.05, 4.69) is 9.97 Å². The van der Waals surface area contributed by atoms with Gasteiger partial charge in [0.15, 0.2) is 23.3 Å². The van der Waals surface area contributed by atoms with Crippen molar-refractivity contribution in [3.63, 3.8) is 0 Å². The molecule has 0 saturated heterocycles. The number of H-pyrrole nitrogens is 2. The molecule has 50 heavy (non-hydrogen) atoms. The zero-order chi connectivity index (χ0) is 33.2. The van der Waals surface area contributed by atoms with Gasteiger partial charge in [0.1, 0.15) is 34.1 Å². The third-order valence-electron chi connectivity index (χ3n) is 9.13. The van der Waals surface area contributed by atoms with Crippen LogP contribution in [-0.4, -0.2) is 46.4 Å². The Balaban J connectivity index is 1.32. The Kier molecular flexibility index (Phi) is 6.30. The Labute approximate surface area is 284 Å². The second-order valence-electron chi connectivity index (χ2n) is 12.2. The number of aromatic amines is 2. The van der Waals surface area contributed by atoms with Crippen molar-refractivity contribution in [2.75, 3.05) is 6.54 Å². The highest BCUT2D eigenvalue weighted by atomic mass is 16.5. The molecule has 5 heterocycles. The first-order valence-electron chi connectivity index (χ1n) is 16.4. The molecule has 3 aromatic heterocycles. The second kappa shape index (κ2) is 11.1. The van der Waals surface area contributed by atoms with E-state index in [1.54, 1.807) is 0 Å². The van der Waals surface area contributed by atoms with E-state index in [4.69, 9.17) is 40.4 Å². The lowest BCUT2D eigenvalue weighted by Crippen LogP contribution is -2.02. The summed E-state index contributed by atoms with van der Waals surface area (Å²) < 4.78 is 6.53. The van der Waals surface area contributed by atoms with Crippen LogP contribution in [0.5, 0.6) is 11.5 Å². The van der Waals surface area contributed by atoms with Crippen LogP contribution in [0.3, 0.4) is 0 Å². The average Bonchev–Trinajstić information content (AvgIpc) is 3.89. The van der Waals surface area contributed by atoms with Crippen LogP contribution >= 0.6 is 0 Å². The minimum absolute atomic E-state index is 0.530.